The van der Waals surface area contributed by atoms with Crippen molar-refractivity contribution in [2.24, 2.45) is 0 Å². The first-order chi connectivity index (χ1) is 7.95. The van der Waals surface area contributed by atoms with Gasteiger partial charge in [0.15, 0.2) is 0 Å². The van der Waals surface area contributed by atoms with Gasteiger partial charge in [0.2, 0.25) is 0 Å². The monoisotopic (exact) mass is 361 g/mol. The SMILES string of the molecule is C1=CC[C]([Er]([C]2=CC=CC2)[C]2=CC=CC2)=C1. The van der Waals surface area contributed by atoms with E-state index in [0.717, 1.165) is 0 Å². The Bertz CT molecular complexity index is 398. The molecule has 0 heterocycles. The Morgan fingerprint density at radius 2 is 1.00 bits per heavy atom. The van der Waals surface area contributed by atoms with Crippen LogP contribution in [0.2, 0.25) is 0 Å². The molecule has 3 rings (SSSR count). The van der Waals surface area contributed by atoms with Gasteiger partial charge in [0.05, 0.1) is 0 Å². The molecule has 0 saturated heterocycles. The first-order valence-corrected chi connectivity index (χ1v) is 8.36. The molecule has 0 amide bonds. The molecule has 0 N–H and O–H groups in total. The molecule has 0 atom stereocenters. The molecule has 0 bridgehead atoms. The Balaban J connectivity index is 1.89. The van der Waals surface area contributed by atoms with Crippen LogP contribution in [0.3, 0.4) is 0 Å². The summed E-state index contributed by atoms with van der Waals surface area (Å²) in [4.78, 5) is 0. The number of hydrogen-bond donors (Lipinski definition) is 0. The molecule has 1 heteroatoms. The van der Waals surface area contributed by atoms with E-state index in [2.05, 4.69) is 54.7 Å². The first-order valence-electron chi connectivity index (χ1n) is 5.58. The van der Waals surface area contributed by atoms with Crippen LogP contribution < -0.4 is 0 Å². The van der Waals surface area contributed by atoms with Gasteiger partial charge in [0.25, 0.3) is 0 Å². The zero-order chi connectivity index (χ0) is 10.8. The number of allylic oxidation sites excluding steroid dienone is 12. The van der Waals surface area contributed by atoms with Gasteiger partial charge in [-0.25, -0.2) is 0 Å². The third-order valence-electron chi connectivity index (χ3n) is 2.63. The Morgan fingerprint density at radius 1 is 0.625 bits per heavy atom. The Morgan fingerprint density at radius 3 is 1.25 bits per heavy atom. The average Bonchev–Trinajstić information content (AvgIpc) is 3.02. The summed E-state index contributed by atoms with van der Waals surface area (Å²) in [6.07, 6.45) is 24.2. The van der Waals surface area contributed by atoms with Gasteiger partial charge < -0.3 is 0 Å². The first kappa shape index (κ1) is 10.8. The number of rotatable bonds is 3. The van der Waals surface area contributed by atoms with E-state index in [0.29, 0.717) is 0 Å². The van der Waals surface area contributed by atoms with Crippen molar-refractivity contribution in [1.82, 2.24) is 0 Å². The van der Waals surface area contributed by atoms with Crippen LogP contribution in [0.1, 0.15) is 19.3 Å². The molecule has 0 spiro atoms. The molecule has 16 heavy (non-hydrogen) atoms. The van der Waals surface area contributed by atoms with Gasteiger partial charge in [-0.05, 0) is 0 Å². The van der Waals surface area contributed by atoms with Crippen LogP contribution in [0.15, 0.2) is 59.9 Å². The summed E-state index contributed by atoms with van der Waals surface area (Å²) in [5.74, 6) is 0. The van der Waals surface area contributed by atoms with Gasteiger partial charge in [-0.1, -0.05) is 0 Å². The van der Waals surface area contributed by atoms with Gasteiger partial charge in [0.1, 0.15) is 0 Å². The second kappa shape index (κ2) is 4.90. The van der Waals surface area contributed by atoms with Crippen LogP contribution in [-0.2, 0) is 0 Å². The number of hydrogen-bond acceptors (Lipinski definition) is 0. The molecule has 0 radical (unpaired) electrons. The van der Waals surface area contributed by atoms with Crippen molar-refractivity contribution in [3.63, 3.8) is 0 Å². The summed E-state index contributed by atoms with van der Waals surface area (Å²) in [6, 6.07) is 0. The van der Waals surface area contributed by atoms with Crippen molar-refractivity contribution in [1.29, 1.82) is 0 Å². The molecule has 3 aliphatic carbocycles. The fraction of sp³-hybridized carbons (Fsp3) is 0.200. The van der Waals surface area contributed by atoms with E-state index in [1.165, 1.54) is 19.3 Å². The zero-order valence-electron chi connectivity index (χ0n) is 9.11. The van der Waals surface area contributed by atoms with Gasteiger partial charge in [0, 0.05) is 0 Å². The molecule has 0 aromatic carbocycles. The second-order valence-corrected chi connectivity index (χ2v) is 8.74. The molecule has 3 aliphatic rings. The van der Waals surface area contributed by atoms with Gasteiger partial charge in [-0.2, -0.15) is 0 Å². The third-order valence-corrected chi connectivity index (χ3v) is 8.26. The summed E-state index contributed by atoms with van der Waals surface area (Å²) in [5.41, 5.74) is 0. The van der Waals surface area contributed by atoms with E-state index in [1.807, 2.05) is 0 Å². The summed E-state index contributed by atoms with van der Waals surface area (Å²) < 4.78 is 5.10. The Hall–Kier alpha value is -0.313. The fourth-order valence-corrected chi connectivity index (χ4v) is 7.43. The minimum atomic E-state index is -0.995. The van der Waals surface area contributed by atoms with Crippen molar-refractivity contribution in [3.05, 3.63) is 59.9 Å². The van der Waals surface area contributed by atoms with Crippen molar-refractivity contribution >= 4 is 0 Å². The normalized spacial score (nSPS) is 22.5. The standard InChI is InChI=1S/3C5H5.Er/c3*1-2-4-5-3-1;/h3*1-3H,4H2;. The van der Waals surface area contributed by atoms with E-state index in [4.69, 9.17) is 0 Å². The van der Waals surface area contributed by atoms with Crippen LogP contribution >= 0.6 is 0 Å². The predicted octanol–water partition coefficient (Wildman–Crippen LogP) is 4.14. The molecular formula is C15H15Er. The molecular weight excluding hydrogens is 347 g/mol. The minimum absolute atomic E-state index is 0.995. The van der Waals surface area contributed by atoms with E-state index in [-0.39, 0.29) is 0 Å². The summed E-state index contributed by atoms with van der Waals surface area (Å²) in [5, 5.41) is 0. The molecule has 0 aromatic rings. The van der Waals surface area contributed by atoms with E-state index < -0.39 is 31.5 Å². The van der Waals surface area contributed by atoms with Gasteiger partial charge in [-0.15, -0.1) is 0 Å². The molecule has 0 unspecified atom stereocenters. The van der Waals surface area contributed by atoms with Crippen LogP contribution in [0.25, 0.3) is 0 Å². The topological polar surface area (TPSA) is 0 Å². The predicted molar refractivity (Wildman–Crippen MR) is 65.5 cm³/mol. The molecule has 0 nitrogen and oxygen atoms in total. The van der Waals surface area contributed by atoms with Gasteiger partial charge >= 0.3 is 111 Å². The van der Waals surface area contributed by atoms with Crippen molar-refractivity contribution < 1.29 is 31.5 Å². The van der Waals surface area contributed by atoms with Crippen molar-refractivity contribution in [2.45, 2.75) is 19.3 Å². The fourth-order valence-electron chi connectivity index (χ4n) is 1.88. The van der Waals surface area contributed by atoms with Crippen LogP contribution in [0, 0.1) is 31.5 Å². The van der Waals surface area contributed by atoms with Crippen molar-refractivity contribution in [3.8, 4) is 0 Å². The van der Waals surface area contributed by atoms with Crippen molar-refractivity contribution in [2.75, 3.05) is 0 Å². The maximum absolute atomic E-state index is 2.36. The third kappa shape index (κ3) is 2.06. The van der Waals surface area contributed by atoms with E-state index >= 15 is 0 Å². The summed E-state index contributed by atoms with van der Waals surface area (Å²) in [6.45, 7) is 0. The quantitative estimate of drug-likeness (QED) is 0.708. The Labute approximate surface area is 110 Å². The maximum atomic E-state index is 2.36. The summed E-state index contributed by atoms with van der Waals surface area (Å²) >= 11 is -0.995. The molecule has 0 saturated carbocycles. The van der Waals surface area contributed by atoms with Crippen LogP contribution in [0.5, 0.6) is 0 Å². The second-order valence-electron chi connectivity index (χ2n) is 3.78. The van der Waals surface area contributed by atoms with E-state index in [1.54, 1.807) is 5.20 Å². The van der Waals surface area contributed by atoms with Crippen LogP contribution in [0.4, 0.5) is 0 Å². The summed E-state index contributed by atoms with van der Waals surface area (Å²) in [7, 11) is 0. The zero-order valence-corrected chi connectivity index (χ0v) is 11.0. The average molecular weight is 363 g/mol. The Kier molecular flexibility index (Phi) is 3.32. The van der Waals surface area contributed by atoms with Gasteiger partial charge in [-0.3, -0.25) is 0 Å². The molecule has 0 aromatic heterocycles. The molecule has 0 aliphatic heterocycles. The van der Waals surface area contributed by atoms with Crippen LogP contribution in [-0.4, -0.2) is 0 Å². The molecule has 0 fully saturated rings. The molecule has 87 valence electrons. The van der Waals surface area contributed by atoms with E-state index in [9.17, 15) is 0 Å².